The number of amides is 1. The third kappa shape index (κ3) is 4.25. The zero-order valence-electron chi connectivity index (χ0n) is 27.0. The Balaban J connectivity index is 1.62. The van der Waals surface area contributed by atoms with Crippen molar-refractivity contribution >= 4 is 51.2 Å². The summed E-state index contributed by atoms with van der Waals surface area (Å²) in [6.45, 7) is 3.63. The van der Waals surface area contributed by atoms with E-state index in [1.165, 1.54) is 28.8 Å². The fraction of sp³-hybridized carbons (Fsp3) is 0.364. The van der Waals surface area contributed by atoms with E-state index < -0.39 is 47.1 Å². The van der Waals surface area contributed by atoms with Gasteiger partial charge in [0, 0.05) is 60.7 Å². The average molecular weight is 623 g/mol. The standard InChI is InChI=1S/C33H32ClF2N5O3/c1-4-24(43)39-12-13-40-19(16-39)15-38(3)32-31(40)20-14-21(34)25(26-22(35)6-5-7-23(26)42)27(36)30(20)41(33(32)44)29-17(2)10-11-37-28(29)18-8-9-18/h4-7,14,18-19,42H,1,8-13,15-16H2,2-3H3/t19-/m0/s1/i3D3. The quantitative estimate of drug-likeness (QED) is 0.392. The van der Waals surface area contributed by atoms with Crippen molar-refractivity contribution in [3.8, 4) is 16.9 Å². The highest BCUT2D eigenvalue weighted by atomic mass is 35.5. The van der Waals surface area contributed by atoms with Crippen molar-refractivity contribution in [2.24, 2.45) is 10.9 Å². The van der Waals surface area contributed by atoms with Crippen molar-refractivity contribution in [3.05, 3.63) is 69.5 Å². The van der Waals surface area contributed by atoms with Crippen molar-refractivity contribution in [1.82, 2.24) is 9.47 Å². The number of piperazine rings is 1. The molecule has 2 fully saturated rings. The Hall–Kier alpha value is -4.18. The number of dihydropyridines is 1. The molecule has 2 aromatic carbocycles. The molecular formula is C33H32ClF2N5O3. The van der Waals surface area contributed by atoms with Crippen LogP contribution in [0.15, 0.2) is 52.3 Å². The maximum Gasteiger partial charge on any atom is 0.281 e. The van der Waals surface area contributed by atoms with Crippen LogP contribution in [0.4, 0.5) is 20.2 Å². The maximum atomic E-state index is 17.4. The van der Waals surface area contributed by atoms with Crippen molar-refractivity contribution in [2.45, 2.75) is 32.2 Å². The number of anilines is 2. The van der Waals surface area contributed by atoms with Gasteiger partial charge in [-0.2, -0.15) is 0 Å². The first-order valence-electron chi connectivity index (χ1n) is 16.1. The number of benzene rings is 2. The minimum absolute atomic E-state index is 0.0576. The Morgan fingerprint density at radius 1 is 1.20 bits per heavy atom. The van der Waals surface area contributed by atoms with Gasteiger partial charge in [-0.3, -0.25) is 19.1 Å². The van der Waals surface area contributed by atoms with Crippen LogP contribution in [0, 0.1) is 17.6 Å². The number of phenolic OH excluding ortho intramolecular Hbond substituents is 1. The van der Waals surface area contributed by atoms with Gasteiger partial charge < -0.3 is 19.8 Å². The Morgan fingerprint density at radius 3 is 2.70 bits per heavy atom. The van der Waals surface area contributed by atoms with E-state index in [0.29, 0.717) is 24.4 Å². The highest BCUT2D eigenvalue weighted by molar-refractivity contribution is 6.35. The Labute approximate surface area is 262 Å². The van der Waals surface area contributed by atoms with Crippen LogP contribution in [0.1, 0.15) is 30.3 Å². The molecule has 3 aromatic rings. The predicted molar refractivity (Wildman–Crippen MR) is 170 cm³/mol. The van der Waals surface area contributed by atoms with Gasteiger partial charge in [0.05, 0.1) is 39.2 Å². The molecule has 1 aromatic heterocycles. The van der Waals surface area contributed by atoms with Gasteiger partial charge in [-0.15, -0.1) is 0 Å². The first kappa shape index (κ1) is 25.2. The van der Waals surface area contributed by atoms with Gasteiger partial charge in [-0.1, -0.05) is 24.2 Å². The molecule has 1 N–H and O–H groups in total. The summed E-state index contributed by atoms with van der Waals surface area (Å²) < 4.78 is 59.3. The number of hydrogen-bond donors (Lipinski definition) is 1. The molecule has 8 nitrogen and oxygen atoms in total. The average Bonchev–Trinajstić information content (AvgIpc) is 3.87. The lowest BCUT2D eigenvalue weighted by atomic mass is 9.95. The molecule has 4 heterocycles. The Kier molecular flexibility index (Phi) is 5.99. The lowest BCUT2D eigenvalue weighted by Crippen LogP contribution is -2.61. The van der Waals surface area contributed by atoms with Crippen molar-refractivity contribution in [3.63, 3.8) is 0 Å². The summed E-state index contributed by atoms with van der Waals surface area (Å²) >= 11 is 6.76. The number of rotatable bonds is 4. The van der Waals surface area contributed by atoms with Gasteiger partial charge in [-0.25, -0.2) is 8.78 Å². The summed E-state index contributed by atoms with van der Waals surface area (Å²) in [5, 5.41) is 10.6. The van der Waals surface area contributed by atoms with E-state index in [1.54, 1.807) is 4.90 Å². The van der Waals surface area contributed by atoms with Crippen LogP contribution in [0.25, 0.3) is 27.7 Å². The molecule has 0 unspecified atom stereocenters. The first-order valence-corrected chi connectivity index (χ1v) is 15.0. The number of aromatic nitrogens is 1. The number of halogens is 3. The zero-order chi connectivity index (χ0) is 33.5. The molecule has 1 saturated heterocycles. The fourth-order valence-corrected chi connectivity index (χ4v) is 7.15. The van der Waals surface area contributed by atoms with E-state index in [1.807, 2.05) is 11.8 Å². The number of nitrogens with zero attached hydrogens (tertiary/aromatic N) is 5. The molecule has 7 rings (SSSR count). The molecule has 11 heteroatoms. The monoisotopic (exact) mass is 622 g/mol. The summed E-state index contributed by atoms with van der Waals surface area (Å²) in [5.41, 5.74) is -0.0275. The summed E-state index contributed by atoms with van der Waals surface area (Å²) in [6.07, 6.45) is 3.37. The van der Waals surface area contributed by atoms with E-state index >= 15 is 8.78 Å². The number of aromatic hydroxyl groups is 1. The van der Waals surface area contributed by atoms with E-state index in [9.17, 15) is 14.7 Å². The third-order valence-corrected chi connectivity index (χ3v) is 9.36. The van der Waals surface area contributed by atoms with E-state index in [-0.39, 0.29) is 65.3 Å². The van der Waals surface area contributed by atoms with Crippen LogP contribution in [0.5, 0.6) is 5.75 Å². The topological polar surface area (TPSA) is 81.4 Å². The van der Waals surface area contributed by atoms with Crippen LogP contribution in [-0.2, 0) is 4.79 Å². The maximum absolute atomic E-state index is 17.4. The number of hydrogen-bond acceptors (Lipinski definition) is 6. The molecule has 3 aliphatic heterocycles. The lowest BCUT2D eigenvalue weighted by Gasteiger charge is -2.49. The van der Waals surface area contributed by atoms with Crippen LogP contribution in [-0.4, -0.2) is 71.9 Å². The van der Waals surface area contributed by atoms with Gasteiger partial charge in [0.25, 0.3) is 5.56 Å². The molecule has 4 aliphatic rings. The molecule has 0 spiro atoms. The highest BCUT2D eigenvalue weighted by Crippen LogP contribution is 2.48. The number of allylic oxidation sites excluding steroid dienone is 1. The van der Waals surface area contributed by atoms with Crippen molar-refractivity contribution in [1.29, 1.82) is 0 Å². The summed E-state index contributed by atoms with van der Waals surface area (Å²) in [7, 11) is 0. The van der Waals surface area contributed by atoms with Gasteiger partial charge >= 0.3 is 0 Å². The zero-order valence-corrected chi connectivity index (χ0v) is 24.8. The second-order valence-electron chi connectivity index (χ2n) is 11.8. The second-order valence-corrected chi connectivity index (χ2v) is 12.2. The van der Waals surface area contributed by atoms with Gasteiger partial charge in [0.1, 0.15) is 17.3 Å². The van der Waals surface area contributed by atoms with Crippen molar-refractivity contribution < 1.29 is 22.8 Å². The smallest absolute Gasteiger partial charge is 0.281 e. The Bertz CT molecular complexity index is 1990. The summed E-state index contributed by atoms with van der Waals surface area (Å²) in [4.78, 5) is 36.8. The summed E-state index contributed by atoms with van der Waals surface area (Å²) in [5.74, 6) is -2.76. The predicted octanol–water partition coefficient (Wildman–Crippen LogP) is 5.44. The number of likely N-dealkylation sites (N-methyl/N-ethyl adjacent to an activating group) is 1. The molecule has 1 atom stereocenters. The molecule has 44 heavy (non-hydrogen) atoms. The van der Waals surface area contributed by atoms with Crippen LogP contribution in [0.3, 0.4) is 0 Å². The number of phenols is 1. The molecule has 0 bridgehead atoms. The van der Waals surface area contributed by atoms with E-state index in [2.05, 4.69) is 6.58 Å². The fourth-order valence-electron chi connectivity index (χ4n) is 6.86. The normalized spacial score (nSPS) is 21.4. The van der Waals surface area contributed by atoms with Gasteiger partial charge in [-0.05, 0) is 56.0 Å². The molecular weight excluding hydrogens is 588 g/mol. The first-order chi connectivity index (χ1) is 22.3. The van der Waals surface area contributed by atoms with Gasteiger partial charge in [0.15, 0.2) is 5.82 Å². The van der Waals surface area contributed by atoms with Gasteiger partial charge in [0.2, 0.25) is 5.91 Å². The molecule has 1 amide bonds. The Morgan fingerprint density at radius 2 is 2.00 bits per heavy atom. The SMILES string of the molecule is [2H]C([2H])([2H])N1C[C@H]2CN(C(=O)C=C)CCN2c2c1c(=O)n(C1=C(C)CCN=C1C1CC1)c1c(F)c(-c3c(O)cccc3F)c(Cl)cc21. The summed E-state index contributed by atoms with van der Waals surface area (Å²) in [6, 6.07) is 4.40. The van der Waals surface area contributed by atoms with Crippen LogP contribution >= 0.6 is 11.6 Å². The van der Waals surface area contributed by atoms with Crippen LogP contribution < -0.4 is 15.4 Å². The second kappa shape index (κ2) is 10.5. The third-order valence-electron chi connectivity index (χ3n) is 9.07. The number of fused-ring (bicyclic) bond motifs is 5. The van der Waals surface area contributed by atoms with Crippen LogP contribution in [0.2, 0.25) is 5.02 Å². The largest absolute Gasteiger partial charge is 0.507 e. The lowest BCUT2D eigenvalue weighted by molar-refractivity contribution is -0.126. The van der Waals surface area contributed by atoms with E-state index in [4.69, 9.17) is 20.7 Å². The number of pyridine rings is 1. The molecule has 1 saturated carbocycles. The number of carbonyl (C=O) groups excluding carboxylic acids is 1. The molecule has 0 radical (unpaired) electrons. The number of carbonyl (C=O) groups is 1. The molecule has 228 valence electrons. The number of aliphatic imine (C=N–C) groups is 1. The minimum Gasteiger partial charge on any atom is -0.507 e. The van der Waals surface area contributed by atoms with E-state index in [0.717, 1.165) is 29.4 Å². The highest BCUT2D eigenvalue weighted by Gasteiger charge is 2.41. The minimum atomic E-state index is -2.78. The van der Waals surface area contributed by atoms with Crippen molar-refractivity contribution in [2.75, 3.05) is 49.5 Å². The molecule has 1 aliphatic carbocycles.